The molecule has 0 aliphatic rings. The molecule has 0 aliphatic heterocycles. The van der Waals surface area contributed by atoms with Crippen molar-refractivity contribution in [3.05, 3.63) is 21.9 Å². The van der Waals surface area contributed by atoms with E-state index in [0.29, 0.717) is 9.75 Å². The molecule has 0 spiro atoms. The largest absolute Gasteiger partial charge is 0.348 e. The predicted molar refractivity (Wildman–Crippen MR) is 64.3 cm³/mol. The number of nitrogens with zero attached hydrogens (tertiary/aromatic N) is 1. The van der Waals surface area contributed by atoms with Crippen LogP contribution in [0.3, 0.4) is 0 Å². The van der Waals surface area contributed by atoms with E-state index in [1.165, 1.54) is 11.3 Å². The molecule has 3 nitrogen and oxygen atoms in total. The van der Waals surface area contributed by atoms with Gasteiger partial charge in [0.05, 0.1) is 4.88 Å². The number of thioether (sulfide) groups is 1. The number of carbonyl (C=O) groups excluding carboxylic acids is 1. The molecule has 1 rings (SSSR count). The summed E-state index contributed by atoms with van der Waals surface area (Å²) in [6.07, 6.45) is 2.00. The highest BCUT2D eigenvalue weighted by atomic mass is 32.2. The Morgan fingerprint density at radius 3 is 3.00 bits per heavy atom. The lowest BCUT2D eigenvalue weighted by atomic mass is 10.3. The molecular formula is C10H12N2OS2. The number of nitriles is 1. The third-order valence-electron chi connectivity index (χ3n) is 1.73. The number of amides is 1. The Kier molecular flexibility index (Phi) is 4.66. The monoisotopic (exact) mass is 240 g/mol. The number of nitrogens with one attached hydrogen (secondary N) is 1. The van der Waals surface area contributed by atoms with Crippen LogP contribution >= 0.6 is 23.1 Å². The van der Waals surface area contributed by atoms with Crippen LogP contribution in [0.15, 0.2) is 12.1 Å². The second-order valence-electron chi connectivity index (χ2n) is 3.11. The van der Waals surface area contributed by atoms with E-state index in [1.807, 2.05) is 19.2 Å². The van der Waals surface area contributed by atoms with Crippen molar-refractivity contribution >= 4 is 29.0 Å². The Labute approximate surface area is 97.5 Å². The Morgan fingerprint density at radius 2 is 2.47 bits per heavy atom. The molecule has 0 aliphatic carbocycles. The first-order valence-electron chi connectivity index (χ1n) is 4.47. The minimum Gasteiger partial charge on any atom is -0.348 e. The molecule has 1 aromatic heterocycles. The SMILES string of the molecule is CSCC(C)NC(=O)c1ccc(C#N)s1. The van der Waals surface area contributed by atoms with Crippen LogP contribution in [0.25, 0.3) is 0 Å². The fourth-order valence-electron chi connectivity index (χ4n) is 1.11. The van der Waals surface area contributed by atoms with E-state index in [1.54, 1.807) is 23.9 Å². The number of hydrogen-bond donors (Lipinski definition) is 1. The quantitative estimate of drug-likeness (QED) is 0.877. The number of hydrogen-bond acceptors (Lipinski definition) is 4. The van der Waals surface area contributed by atoms with Crippen LogP contribution in [0.4, 0.5) is 0 Å². The van der Waals surface area contributed by atoms with Gasteiger partial charge in [-0.05, 0) is 25.3 Å². The lowest BCUT2D eigenvalue weighted by molar-refractivity contribution is 0.0948. The van der Waals surface area contributed by atoms with Crippen molar-refractivity contribution < 1.29 is 4.79 Å². The molecule has 1 amide bonds. The van der Waals surface area contributed by atoms with E-state index in [9.17, 15) is 4.79 Å². The first-order valence-corrected chi connectivity index (χ1v) is 6.68. The zero-order valence-corrected chi connectivity index (χ0v) is 10.2. The Bertz CT molecular complexity index is 381. The maximum atomic E-state index is 11.6. The molecule has 1 atom stereocenters. The van der Waals surface area contributed by atoms with Gasteiger partial charge in [0.25, 0.3) is 5.91 Å². The van der Waals surface area contributed by atoms with Crippen LogP contribution in [0.5, 0.6) is 0 Å². The van der Waals surface area contributed by atoms with Crippen LogP contribution < -0.4 is 5.32 Å². The fraction of sp³-hybridized carbons (Fsp3) is 0.400. The predicted octanol–water partition coefficient (Wildman–Crippen LogP) is 2.10. The van der Waals surface area contributed by atoms with Crippen molar-refractivity contribution in [3.8, 4) is 6.07 Å². The summed E-state index contributed by atoms with van der Waals surface area (Å²) in [7, 11) is 0. The Morgan fingerprint density at radius 1 is 1.73 bits per heavy atom. The van der Waals surface area contributed by atoms with Gasteiger partial charge in [-0.1, -0.05) is 0 Å². The average Bonchev–Trinajstić information content (AvgIpc) is 2.66. The van der Waals surface area contributed by atoms with E-state index in [0.717, 1.165) is 5.75 Å². The van der Waals surface area contributed by atoms with E-state index < -0.39 is 0 Å². The highest BCUT2D eigenvalue weighted by molar-refractivity contribution is 7.98. The molecule has 0 saturated carbocycles. The second kappa shape index (κ2) is 5.79. The van der Waals surface area contributed by atoms with Gasteiger partial charge in [0.1, 0.15) is 10.9 Å². The van der Waals surface area contributed by atoms with Crippen molar-refractivity contribution in [2.45, 2.75) is 13.0 Å². The summed E-state index contributed by atoms with van der Waals surface area (Å²) in [5.41, 5.74) is 0. The topological polar surface area (TPSA) is 52.9 Å². The summed E-state index contributed by atoms with van der Waals surface area (Å²) >= 11 is 2.91. The minimum absolute atomic E-state index is 0.0944. The lowest BCUT2D eigenvalue weighted by Gasteiger charge is -2.10. The third kappa shape index (κ3) is 3.57. The summed E-state index contributed by atoms with van der Waals surface area (Å²) in [5, 5.41) is 11.5. The van der Waals surface area contributed by atoms with Gasteiger partial charge in [-0.15, -0.1) is 11.3 Å². The molecule has 0 radical (unpaired) electrons. The minimum atomic E-state index is -0.0944. The lowest BCUT2D eigenvalue weighted by Crippen LogP contribution is -2.33. The third-order valence-corrected chi connectivity index (χ3v) is 3.56. The normalized spacial score (nSPS) is 11.8. The molecule has 0 aromatic carbocycles. The molecule has 1 heterocycles. The van der Waals surface area contributed by atoms with Crippen LogP contribution in [-0.4, -0.2) is 24.0 Å². The molecule has 0 fully saturated rings. The highest BCUT2D eigenvalue weighted by Gasteiger charge is 2.11. The molecule has 15 heavy (non-hydrogen) atoms. The van der Waals surface area contributed by atoms with Crippen molar-refractivity contribution in [1.29, 1.82) is 5.26 Å². The average molecular weight is 240 g/mol. The van der Waals surface area contributed by atoms with Crippen LogP contribution in [0.1, 0.15) is 21.5 Å². The fourth-order valence-corrected chi connectivity index (χ4v) is 2.40. The number of rotatable bonds is 4. The van der Waals surface area contributed by atoms with Crippen molar-refractivity contribution in [1.82, 2.24) is 5.32 Å². The van der Waals surface area contributed by atoms with Gasteiger partial charge in [-0.25, -0.2) is 0 Å². The zero-order chi connectivity index (χ0) is 11.3. The molecule has 0 saturated heterocycles. The van der Waals surface area contributed by atoms with E-state index in [-0.39, 0.29) is 11.9 Å². The van der Waals surface area contributed by atoms with Gasteiger partial charge >= 0.3 is 0 Å². The van der Waals surface area contributed by atoms with Gasteiger partial charge in [0.2, 0.25) is 0 Å². The second-order valence-corrected chi connectivity index (χ2v) is 5.10. The smallest absolute Gasteiger partial charge is 0.261 e. The Hall–Kier alpha value is -0.990. The maximum absolute atomic E-state index is 11.6. The summed E-state index contributed by atoms with van der Waals surface area (Å²) in [5.74, 6) is 0.797. The first-order chi connectivity index (χ1) is 7.17. The molecule has 0 bridgehead atoms. The zero-order valence-electron chi connectivity index (χ0n) is 8.61. The molecule has 80 valence electrons. The van der Waals surface area contributed by atoms with Gasteiger partial charge < -0.3 is 5.32 Å². The molecule has 1 N–H and O–H groups in total. The summed E-state index contributed by atoms with van der Waals surface area (Å²) in [6, 6.07) is 5.52. The maximum Gasteiger partial charge on any atom is 0.261 e. The van der Waals surface area contributed by atoms with Crippen molar-refractivity contribution in [2.24, 2.45) is 0 Å². The standard InChI is InChI=1S/C10H12N2OS2/c1-7(6-14-2)12-10(13)9-4-3-8(5-11)15-9/h3-4,7H,6H2,1-2H3,(H,12,13). The summed E-state index contributed by atoms with van der Waals surface area (Å²) in [6.45, 7) is 1.97. The highest BCUT2D eigenvalue weighted by Crippen LogP contribution is 2.15. The summed E-state index contributed by atoms with van der Waals surface area (Å²) in [4.78, 5) is 12.8. The first kappa shape index (κ1) is 12.1. The van der Waals surface area contributed by atoms with E-state index >= 15 is 0 Å². The van der Waals surface area contributed by atoms with Gasteiger partial charge in [0, 0.05) is 11.8 Å². The van der Waals surface area contributed by atoms with Crippen molar-refractivity contribution in [2.75, 3.05) is 12.0 Å². The number of carbonyl (C=O) groups is 1. The van der Waals surface area contributed by atoms with Gasteiger partial charge in [-0.3, -0.25) is 4.79 Å². The van der Waals surface area contributed by atoms with Gasteiger partial charge in [-0.2, -0.15) is 17.0 Å². The van der Waals surface area contributed by atoms with E-state index in [4.69, 9.17) is 5.26 Å². The van der Waals surface area contributed by atoms with Crippen LogP contribution in [0.2, 0.25) is 0 Å². The molecule has 1 aromatic rings. The molecular weight excluding hydrogens is 228 g/mol. The molecule has 1 unspecified atom stereocenters. The van der Waals surface area contributed by atoms with Crippen LogP contribution in [0, 0.1) is 11.3 Å². The molecule has 5 heteroatoms. The summed E-state index contributed by atoms with van der Waals surface area (Å²) < 4.78 is 0. The van der Waals surface area contributed by atoms with Crippen LogP contribution in [-0.2, 0) is 0 Å². The van der Waals surface area contributed by atoms with E-state index in [2.05, 4.69) is 5.32 Å². The van der Waals surface area contributed by atoms with Gasteiger partial charge in [0.15, 0.2) is 0 Å². The number of thiophene rings is 1. The van der Waals surface area contributed by atoms with Crippen molar-refractivity contribution in [3.63, 3.8) is 0 Å². The Balaban J connectivity index is 2.58.